The van der Waals surface area contributed by atoms with E-state index >= 15 is 0 Å². The van der Waals surface area contributed by atoms with Gasteiger partial charge in [0.05, 0.1) is 16.5 Å². The van der Waals surface area contributed by atoms with Crippen molar-refractivity contribution >= 4 is 21.6 Å². The minimum absolute atomic E-state index is 0.0967. The smallest absolute Gasteiger partial charge is 0.243 e. The van der Waals surface area contributed by atoms with Gasteiger partial charge >= 0.3 is 0 Å². The molecule has 0 fully saturated rings. The number of amides is 1. The van der Waals surface area contributed by atoms with Gasteiger partial charge < -0.3 is 4.90 Å². The van der Waals surface area contributed by atoms with Crippen LogP contribution in [0, 0.1) is 0 Å². The maximum absolute atomic E-state index is 13.1. The number of carbonyl (C=O) groups excluding carboxylic acids is 1. The standard InChI is InChI=1S/C18H26N2O3S/c1-4-8-19(9-5-2)24(22,23)15-11-14-7-6-10-20-17(14)16(12-15)13(3)18(20)21/h11-13H,4-10H2,1-3H3/t13-/m0/s1. The van der Waals surface area contributed by atoms with Crippen LogP contribution in [0.25, 0.3) is 0 Å². The van der Waals surface area contributed by atoms with E-state index in [9.17, 15) is 13.2 Å². The van der Waals surface area contributed by atoms with E-state index in [1.165, 1.54) is 0 Å². The summed E-state index contributed by atoms with van der Waals surface area (Å²) in [7, 11) is -3.51. The van der Waals surface area contributed by atoms with Gasteiger partial charge in [-0.05, 0) is 55.9 Å². The zero-order chi connectivity index (χ0) is 17.5. The van der Waals surface area contributed by atoms with Gasteiger partial charge in [-0.15, -0.1) is 0 Å². The molecule has 0 unspecified atom stereocenters. The lowest BCUT2D eigenvalue weighted by Crippen LogP contribution is -2.33. The van der Waals surface area contributed by atoms with Crippen LogP contribution < -0.4 is 4.90 Å². The second kappa shape index (κ2) is 6.48. The van der Waals surface area contributed by atoms with E-state index < -0.39 is 10.0 Å². The van der Waals surface area contributed by atoms with Crippen LogP contribution in [-0.2, 0) is 21.2 Å². The number of carbonyl (C=O) groups is 1. The first-order valence-electron chi connectivity index (χ1n) is 8.90. The van der Waals surface area contributed by atoms with Crippen LogP contribution >= 0.6 is 0 Å². The van der Waals surface area contributed by atoms with Gasteiger partial charge in [-0.3, -0.25) is 4.79 Å². The Morgan fingerprint density at radius 1 is 1.21 bits per heavy atom. The molecule has 0 radical (unpaired) electrons. The third kappa shape index (κ3) is 2.65. The molecule has 0 saturated heterocycles. The average Bonchev–Trinajstić information content (AvgIpc) is 2.81. The first kappa shape index (κ1) is 17.4. The topological polar surface area (TPSA) is 57.7 Å². The van der Waals surface area contributed by atoms with Crippen molar-refractivity contribution in [2.75, 3.05) is 24.5 Å². The number of rotatable bonds is 6. The molecule has 2 heterocycles. The van der Waals surface area contributed by atoms with Crippen LogP contribution in [0.3, 0.4) is 0 Å². The van der Waals surface area contributed by atoms with Crippen LogP contribution in [0.4, 0.5) is 5.69 Å². The number of hydrogen-bond acceptors (Lipinski definition) is 3. The molecule has 1 atom stereocenters. The van der Waals surface area contributed by atoms with Crippen molar-refractivity contribution in [3.05, 3.63) is 23.3 Å². The van der Waals surface area contributed by atoms with Crippen molar-refractivity contribution in [2.45, 2.75) is 57.3 Å². The number of aryl methyl sites for hydroxylation is 1. The second-order valence-electron chi connectivity index (χ2n) is 6.74. The van der Waals surface area contributed by atoms with Crippen molar-refractivity contribution in [3.8, 4) is 0 Å². The SMILES string of the molecule is CCCN(CCC)S(=O)(=O)c1cc2c3c(c1)[C@H](C)C(=O)N3CCC2. The van der Waals surface area contributed by atoms with Crippen molar-refractivity contribution in [2.24, 2.45) is 0 Å². The minimum Gasteiger partial charge on any atom is -0.311 e. The Morgan fingerprint density at radius 2 is 1.88 bits per heavy atom. The Morgan fingerprint density at radius 3 is 2.50 bits per heavy atom. The molecule has 0 N–H and O–H groups in total. The van der Waals surface area contributed by atoms with Gasteiger partial charge in [0.1, 0.15) is 0 Å². The summed E-state index contributed by atoms with van der Waals surface area (Å²) in [6, 6.07) is 3.53. The zero-order valence-electron chi connectivity index (χ0n) is 14.7. The quantitative estimate of drug-likeness (QED) is 0.793. The van der Waals surface area contributed by atoms with E-state index in [0.29, 0.717) is 18.0 Å². The summed E-state index contributed by atoms with van der Waals surface area (Å²) < 4.78 is 27.8. The highest BCUT2D eigenvalue weighted by Crippen LogP contribution is 2.44. The molecule has 1 amide bonds. The Kier molecular flexibility index (Phi) is 4.71. The fourth-order valence-corrected chi connectivity index (χ4v) is 5.53. The Bertz CT molecular complexity index is 752. The summed E-state index contributed by atoms with van der Waals surface area (Å²) in [5.41, 5.74) is 2.85. The van der Waals surface area contributed by atoms with Crippen molar-refractivity contribution in [1.29, 1.82) is 0 Å². The van der Waals surface area contributed by atoms with E-state index in [1.807, 2.05) is 25.7 Å². The molecule has 0 aromatic heterocycles. The highest BCUT2D eigenvalue weighted by Gasteiger charge is 2.39. The number of benzene rings is 1. The summed E-state index contributed by atoms with van der Waals surface area (Å²) in [5, 5.41) is 0. The average molecular weight is 350 g/mol. The van der Waals surface area contributed by atoms with Gasteiger partial charge in [-0.25, -0.2) is 8.42 Å². The maximum atomic E-state index is 13.1. The summed E-state index contributed by atoms with van der Waals surface area (Å²) in [6.07, 6.45) is 3.31. The molecular formula is C18H26N2O3S. The normalized spacial score (nSPS) is 19.9. The number of sulfonamides is 1. The monoisotopic (exact) mass is 350 g/mol. The molecule has 0 bridgehead atoms. The highest BCUT2D eigenvalue weighted by molar-refractivity contribution is 7.89. The third-order valence-electron chi connectivity index (χ3n) is 4.98. The number of hydrogen-bond donors (Lipinski definition) is 0. The third-order valence-corrected chi connectivity index (χ3v) is 6.85. The summed E-state index contributed by atoms with van der Waals surface area (Å²) in [4.78, 5) is 14.6. The van der Waals surface area contributed by atoms with Gasteiger partial charge in [-0.2, -0.15) is 4.31 Å². The lowest BCUT2D eigenvalue weighted by atomic mass is 9.97. The van der Waals surface area contributed by atoms with Gasteiger partial charge in [0, 0.05) is 19.6 Å². The molecule has 0 spiro atoms. The summed E-state index contributed by atoms with van der Waals surface area (Å²) >= 11 is 0. The Balaban J connectivity index is 2.09. The fraction of sp³-hybridized carbons (Fsp3) is 0.611. The van der Waals surface area contributed by atoms with Crippen molar-refractivity contribution < 1.29 is 13.2 Å². The Labute approximate surface area is 144 Å². The van der Waals surface area contributed by atoms with Gasteiger partial charge in [-0.1, -0.05) is 13.8 Å². The molecule has 0 aliphatic carbocycles. The van der Waals surface area contributed by atoms with Gasteiger partial charge in [0.25, 0.3) is 0 Å². The van der Waals surface area contributed by atoms with Gasteiger partial charge in [0.2, 0.25) is 15.9 Å². The molecule has 2 aliphatic rings. The van der Waals surface area contributed by atoms with Crippen LogP contribution in [0.1, 0.15) is 57.1 Å². The van der Waals surface area contributed by atoms with Crippen LogP contribution in [0.5, 0.6) is 0 Å². The molecule has 2 aliphatic heterocycles. The largest absolute Gasteiger partial charge is 0.311 e. The zero-order valence-corrected chi connectivity index (χ0v) is 15.5. The van der Waals surface area contributed by atoms with E-state index in [1.54, 1.807) is 16.4 Å². The molecular weight excluding hydrogens is 324 g/mol. The molecule has 5 nitrogen and oxygen atoms in total. The molecule has 0 saturated carbocycles. The van der Waals surface area contributed by atoms with E-state index in [-0.39, 0.29) is 11.8 Å². The molecule has 24 heavy (non-hydrogen) atoms. The fourth-order valence-electron chi connectivity index (χ4n) is 3.81. The number of anilines is 1. The van der Waals surface area contributed by atoms with E-state index in [4.69, 9.17) is 0 Å². The van der Waals surface area contributed by atoms with E-state index in [2.05, 4.69) is 0 Å². The molecule has 132 valence electrons. The molecule has 3 rings (SSSR count). The second-order valence-corrected chi connectivity index (χ2v) is 8.68. The maximum Gasteiger partial charge on any atom is 0.243 e. The highest BCUT2D eigenvalue weighted by atomic mass is 32.2. The molecule has 6 heteroatoms. The predicted octanol–water partition coefficient (Wildman–Crippen LogP) is 2.89. The summed E-state index contributed by atoms with van der Waals surface area (Å²) in [6.45, 7) is 7.66. The predicted molar refractivity (Wildman–Crippen MR) is 94.9 cm³/mol. The number of nitrogens with zero attached hydrogens (tertiary/aromatic N) is 2. The Hall–Kier alpha value is -1.40. The van der Waals surface area contributed by atoms with Crippen LogP contribution in [0.2, 0.25) is 0 Å². The van der Waals surface area contributed by atoms with Crippen LogP contribution in [0.15, 0.2) is 17.0 Å². The van der Waals surface area contributed by atoms with Crippen molar-refractivity contribution in [3.63, 3.8) is 0 Å². The minimum atomic E-state index is -3.51. The molecule has 1 aromatic carbocycles. The van der Waals surface area contributed by atoms with Crippen molar-refractivity contribution in [1.82, 2.24) is 4.31 Å². The van der Waals surface area contributed by atoms with Crippen LogP contribution in [-0.4, -0.2) is 38.3 Å². The first-order valence-corrected chi connectivity index (χ1v) is 10.3. The first-order chi connectivity index (χ1) is 11.4. The molecule has 1 aromatic rings. The lowest BCUT2D eigenvalue weighted by molar-refractivity contribution is -0.119. The van der Waals surface area contributed by atoms with Gasteiger partial charge in [0.15, 0.2) is 0 Å². The summed E-state index contributed by atoms with van der Waals surface area (Å²) in [5.74, 6) is -0.155. The lowest BCUT2D eigenvalue weighted by Gasteiger charge is -2.27. The van der Waals surface area contributed by atoms with E-state index in [0.717, 1.165) is 49.0 Å².